The normalized spacial score (nSPS) is 22.5. The molecular formula is C21H25F3N4O2S. The van der Waals surface area contributed by atoms with Crippen LogP contribution in [0, 0.1) is 24.4 Å². The van der Waals surface area contributed by atoms with E-state index >= 15 is 0 Å². The zero-order chi connectivity index (χ0) is 21.6. The highest BCUT2D eigenvalue weighted by Crippen LogP contribution is 2.36. The number of nitrogens with one attached hydrogen (secondary N) is 2. The first-order valence-electron chi connectivity index (χ1n) is 9.86. The number of fused-ring (bicyclic) bond motifs is 1. The van der Waals surface area contributed by atoms with Crippen molar-refractivity contribution >= 4 is 36.6 Å². The Morgan fingerprint density at radius 2 is 1.87 bits per heavy atom. The van der Waals surface area contributed by atoms with Gasteiger partial charge in [-0.25, -0.2) is 18.2 Å². The van der Waals surface area contributed by atoms with Crippen molar-refractivity contribution in [3.63, 3.8) is 0 Å². The van der Waals surface area contributed by atoms with Crippen molar-refractivity contribution < 1.29 is 22.7 Å². The van der Waals surface area contributed by atoms with Gasteiger partial charge >= 0.3 is 0 Å². The summed E-state index contributed by atoms with van der Waals surface area (Å²) in [6.07, 6.45) is 1.85. The molecule has 0 radical (unpaired) electrons. The van der Waals surface area contributed by atoms with Crippen LogP contribution in [0.4, 0.5) is 30.4 Å². The fraction of sp³-hybridized carbons (Fsp3) is 0.429. The number of anilines is 3. The van der Waals surface area contributed by atoms with Gasteiger partial charge in [0.05, 0.1) is 17.1 Å². The van der Waals surface area contributed by atoms with Crippen LogP contribution in [0.3, 0.4) is 0 Å². The highest BCUT2D eigenvalue weighted by atomic mass is 32.1. The van der Waals surface area contributed by atoms with Gasteiger partial charge in [0.15, 0.2) is 17.5 Å². The molecule has 168 valence electrons. The summed E-state index contributed by atoms with van der Waals surface area (Å²) in [6.45, 7) is 3.67. The Labute approximate surface area is 185 Å². The van der Waals surface area contributed by atoms with Gasteiger partial charge in [0.1, 0.15) is 23.7 Å². The Morgan fingerprint density at radius 3 is 2.55 bits per heavy atom. The minimum absolute atomic E-state index is 0. The molecule has 1 aromatic carbocycles. The number of rotatable bonds is 4. The predicted octanol–water partition coefficient (Wildman–Crippen LogP) is 4.11. The lowest BCUT2D eigenvalue weighted by molar-refractivity contribution is -0.117. The molecule has 2 N–H and O–H groups in total. The van der Waals surface area contributed by atoms with Crippen molar-refractivity contribution in [3.05, 3.63) is 41.3 Å². The topological polar surface area (TPSA) is 66.5 Å². The van der Waals surface area contributed by atoms with Gasteiger partial charge in [0.2, 0.25) is 5.91 Å². The first-order chi connectivity index (χ1) is 14.2. The molecule has 1 aromatic heterocycles. The number of likely N-dealkylation sites (N-methyl/N-ethyl adjacent to an activating group) is 1. The highest BCUT2D eigenvalue weighted by molar-refractivity contribution is 7.59. The third-order valence-electron chi connectivity index (χ3n) is 5.76. The van der Waals surface area contributed by atoms with E-state index in [-0.39, 0.29) is 43.3 Å². The predicted molar refractivity (Wildman–Crippen MR) is 118 cm³/mol. The third-order valence-corrected chi connectivity index (χ3v) is 5.76. The number of hydrogen-bond donors (Lipinski definition) is 2. The molecule has 1 saturated carbocycles. The fourth-order valence-corrected chi connectivity index (χ4v) is 3.95. The summed E-state index contributed by atoms with van der Waals surface area (Å²) < 4.78 is 45.5. The van der Waals surface area contributed by atoms with Crippen molar-refractivity contribution in [2.75, 3.05) is 22.6 Å². The van der Waals surface area contributed by atoms with E-state index in [1.54, 1.807) is 0 Å². The summed E-state index contributed by atoms with van der Waals surface area (Å²) in [5, 5.41) is 6.29. The van der Waals surface area contributed by atoms with E-state index in [1.807, 2.05) is 31.9 Å². The molecule has 2 aromatic rings. The van der Waals surface area contributed by atoms with Crippen LogP contribution >= 0.6 is 13.5 Å². The molecule has 0 saturated heterocycles. The van der Waals surface area contributed by atoms with E-state index in [0.717, 1.165) is 24.2 Å². The van der Waals surface area contributed by atoms with Gasteiger partial charge in [-0.05, 0) is 26.7 Å². The number of carbonyl (C=O) groups excluding carboxylic acids is 1. The van der Waals surface area contributed by atoms with E-state index < -0.39 is 17.5 Å². The van der Waals surface area contributed by atoms with Crippen molar-refractivity contribution in [1.82, 2.24) is 4.98 Å². The van der Waals surface area contributed by atoms with Crippen LogP contribution in [0.5, 0.6) is 5.75 Å². The summed E-state index contributed by atoms with van der Waals surface area (Å²) in [5.74, 6) is -3.44. The average molecular weight is 455 g/mol. The molecule has 1 aliphatic heterocycles. The lowest BCUT2D eigenvalue weighted by Crippen LogP contribution is -2.44. The molecule has 2 unspecified atom stereocenters. The van der Waals surface area contributed by atoms with E-state index in [1.165, 1.54) is 0 Å². The maximum absolute atomic E-state index is 13.4. The number of aryl methyl sites for hydroxylation is 1. The Morgan fingerprint density at radius 1 is 1.19 bits per heavy atom. The smallest absolute Gasteiger partial charge is 0.246 e. The van der Waals surface area contributed by atoms with Gasteiger partial charge in [-0.1, -0.05) is 0 Å². The second-order valence-electron chi connectivity index (χ2n) is 7.86. The quantitative estimate of drug-likeness (QED) is 0.681. The van der Waals surface area contributed by atoms with Crippen LogP contribution in [0.15, 0.2) is 18.2 Å². The third kappa shape index (κ3) is 4.53. The van der Waals surface area contributed by atoms with Crippen LogP contribution in [-0.4, -0.2) is 36.1 Å². The number of amides is 1. The molecule has 2 heterocycles. The Bertz CT molecular complexity index is 984. The van der Waals surface area contributed by atoms with Crippen LogP contribution in [-0.2, 0) is 4.79 Å². The van der Waals surface area contributed by atoms with Gasteiger partial charge in [-0.2, -0.15) is 13.5 Å². The Hall–Kier alpha value is -2.62. The van der Waals surface area contributed by atoms with Crippen molar-refractivity contribution in [2.24, 2.45) is 0 Å². The molecule has 2 aliphatic rings. The monoisotopic (exact) mass is 454 g/mol. The largest absolute Gasteiger partial charge is 0.490 e. The molecule has 31 heavy (non-hydrogen) atoms. The SMILES string of the molecule is Cc1nc(NC2CCC(Oc3cc(F)c(F)c(F)c3)C2)cc2c1NC(=O)[C@H](C)N2C.S. The van der Waals surface area contributed by atoms with Crippen LogP contribution in [0.25, 0.3) is 0 Å². The number of ether oxygens (including phenoxy) is 1. The van der Waals surface area contributed by atoms with Crippen molar-refractivity contribution in [2.45, 2.75) is 51.3 Å². The summed E-state index contributed by atoms with van der Waals surface area (Å²) in [6, 6.07) is 3.40. The van der Waals surface area contributed by atoms with Gasteiger partial charge in [-0.15, -0.1) is 0 Å². The van der Waals surface area contributed by atoms with Crippen molar-refractivity contribution in [1.29, 1.82) is 0 Å². The maximum atomic E-state index is 13.4. The molecule has 1 fully saturated rings. The number of benzene rings is 1. The summed E-state index contributed by atoms with van der Waals surface area (Å²) >= 11 is 0. The first kappa shape index (κ1) is 23.1. The van der Waals surface area contributed by atoms with E-state index in [4.69, 9.17) is 4.74 Å². The number of pyridine rings is 1. The zero-order valence-corrected chi connectivity index (χ0v) is 18.4. The number of halogens is 3. The molecule has 3 atom stereocenters. The van der Waals surface area contributed by atoms with E-state index in [2.05, 4.69) is 15.6 Å². The molecule has 0 spiro atoms. The average Bonchev–Trinajstić information content (AvgIpc) is 3.12. The summed E-state index contributed by atoms with van der Waals surface area (Å²) in [4.78, 5) is 18.5. The summed E-state index contributed by atoms with van der Waals surface area (Å²) in [5.41, 5.74) is 2.31. The first-order valence-corrected chi connectivity index (χ1v) is 9.86. The van der Waals surface area contributed by atoms with Crippen LogP contribution in [0.2, 0.25) is 0 Å². The molecule has 6 nitrogen and oxygen atoms in total. The number of aromatic nitrogens is 1. The van der Waals surface area contributed by atoms with E-state index in [9.17, 15) is 18.0 Å². The van der Waals surface area contributed by atoms with Gasteiger partial charge < -0.3 is 20.3 Å². The highest BCUT2D eigenvalue weighted by Gasteiger charge is 2.30. The van der Waals surface area contributed by atoms with Gasteiger partial charge in [0.25, 0.3) is 0 Å². The molecule has 1 aliphatic carbocycles. The second-order valence-corrected chi connectivity index (χ2v) is 7.86. The van der Waals surface area contributed by atoms with Crippen molar-refractivity contribution in [3.8, 4) is 5.75 Å². The lowest BCUT2D eigenvalue weighted by atomic mass is 10.1. The zero-order valence-electron chi connectivity index (χ0n) is 17.4. The molecular weight excluding hydrogens is 429 g/mol. The van der Waals surface area contributed by atoms with Gasteiger partial charge in [-0.3, -0.25) is 4.79 Å². The number of hydrogen-bond acceptors (Lipinski definition) is 5. The van der Waals surface area contributed by atoms with Crippen LogP contribution < -0.4 is 20.3 Å². The fourth-order valence-electron chi connectivity index (χ4n) is 3.95. The Balaban J connectivity index is 0.00000272. The van der Waals surface area contributed by atoms with E-state index in [0.29, 0.717) is 30.0 Å². The van der Waals surface area contributed by atoms with Crippen LogP contribution in [0.1, 0.15) is 31.9 Å². The Kier molecular flexibility index (Phi) is 6.59. The molecule has 0 bridgehead atoms. The lowest BCUT2D eigenvalue weighted by Gasteiger charge is -2.34. The minimum atomic E-state index is -1.50. The maximum Gasteiger partial charge on any atom is 0.246 e. The standard InChI is InChI=1S/C21H23F3N4O2.H2S/c1-10-20-17(28(3)11(2)21(29)27-20)9-18(25-10)26-12-4-5-13(6-12)30-14-7-15(22)19(24)16(23)8-14;/h7-9,11-13H,4-6H2,1-3H3,(H,25,26)(H,27,29);1H2/t11-,12?,13?;/m0./s1. The molecule has 4 rings (SSSR count). The minimum Gasteiger partial charge on any atom is -0.490 e. The second kappa shape index (κ2) is 8.86. The summed E-state index contributed by atoms with van der Waals surface area (Å²) in [7, 11) is 1.87. The number of nitrogens with zero attached hydrogens (tertiary/aromatic N) is 2. The van der Waals surface area contributed by atoms with Gasteiger partial charge in [0, 0.05) is 37.7 Å². The molecule has 1 amide bonds. The molecule has 10 heteroatoms. The number of carbonyl (C=O) groups is 1.